The molecule has 0 bridgehead atoms. The maximum atomic E-state index is 13.1. The van der Waals surface area contributed by atoms with Gasteiger partial charge in [-0.25, -0.2) is 0 Å². The number of carbonyl (C=O) groups is 3. The van der Waals surface area contributed by atoms with E-state index in [0.717, 1.165) is 5.56 Å². The SMILES string of the molecule is COCC(=O)N[C@H]1C[C@H]2C(=O)Nc3ccc(-c4ccco4)cc3C(=O)N2C1. The molecule has 8 heteroatoms. The summed E-state index contributed by atoms with van der Waals surface area (Å²) in [4.78, 5) is 39.0. The molecule has 0 saturated carbocycles. The van der Waals surface area contributed by atoms with E-state index in [1.165, 1.54) is 12.0 Å². The number of methoxy groups -OCH3 is 1. The molecule has 4 rings (SSSR count). The largest absolute Gasteiger partial charge is 0.464 e. The minimum atomic E-state index is -0.621. The van der Waals surface area contributed by atoms with Crippen LogP contribution in [0, 0.1) is 0 Å². The summed E-state index contributed by atoms with van der Waals surface area (Å²) >= 11 is 0. The Labute approximate surface area is 155 Å². The summed E-state index contributed by atoms with van der Waals surface area (Å²) in [7, 11) is 1.44. The third-order valence-corrected chi connectivity index (χ3v) is 4.82. The van der Waals surface area contributed by atoms with Crippen LogP contribution in [0.4, 0.5) is 5.69 Å². The summed E-state index contributed by atoms with van der Waals surface area (Å²) in [5.74, 6) is -0.126. The molecule has 8 nitrogen and oxygen atoms in total. The summed E-state index contributed by atoms with van der Waals surface area (Å²) < 4.78 is 10.2. The van der Waals surface area contributed by atoms with Crippen LogP contribution in [0.5, 0.6) is 0 Å². The Morgan fingerprint density at radius 2 is 2.22 bits per heavy atom. The molecule has 3 heterocycles. The summed E-state index contributed by atoms with van der Waals surface area (Å²) in [5, 5.41) is 5.63. The van der Waals surface area contributed by atoms with Gasteiger partial charge in [0.2, 0.25) is 11.8 Å². The van der Waals surface area contributed by atoms with Gasteiger partial charge in [-0.3, -0.25) is 14.4 Å². The van der Waals surface area contributed by atoms with E-state index in [2.05, 4.69) is 10.6 Å². The molecular formula is C19H19N3O5. The first-order valence-electron chi connectivity index (χ1n) is 8.65. The quantitative estimate of drug-likeness (QED) is 0.845. The standard InChI is InChI=1S/C19H19N3O5/c1-26-10-17(23)20-12-8-15-18(24)21-14-5-4-11(16-3-2-6-27-16)7-13(14)19(25)22(15)9-12/h2-7,12,15H,8-10H2,1H3,(H,20,23)(H,21,24)/t12-,15-/m0/s1. The monoisotopic (exact) mass is 369 g/mol. The highest BCUT2D eigenvalue weighted by molar-refractivity contribution is 6.10. The lowest BCUT2D eigenvalue weighted by molar-refractivity contribution is -0.125. The van der Waals surface area contributed by atoms with Gasteiger partial charge in [-0.15, -0.1) is 0 Å². The van der Waals surface area contributed by atoms with E-state index in [1.807, 2.05) is 6.07 Å². The molecule has 1 aromatic carbocycles. The first-order valence-corrected chi connectivity index (χ1v) is 8.65. The molecule has 0 radical (unpaired) electrons. The van der Waals surface area contributed by atoms with Crippen LogP contribution in [0.2, 0.25) is 0 Å². The van der Waals surface area contributed by atoms with Crippen molar-refractivity contribution in [1.82, 2.24) is 10.2 Å². The molecule has 2 aliphatic heterocycles. The van der Waals surface area contributed by atoms with E-state index >= 15 is 0 Å². The van der Waals surface area contributed by atoms with Crippen LogP contribution in [0.25, 0.3) is 11.3 Å². The van der Waals surface area contributed by atoms with Gasteiger partial charge in [0.25, 0.3) is 5.91 Å². The fraction of sp³-hybridized carbons (Fsp3) is 0.316. The predicted octanol–water partition coefficient (Wildman–Crippen LogP) is 1.24. The number of hydrogen-bond donors (Lipinski definition) is 2. The van der Waals surface area contributed by atoms with Gasteiger partial charge in [-0.2, -0.15) is 0 Å². The number of rotatable bonds is 4. The molecule has 2 atom stereocenters. The smallest absolute Gasteiger partial charge is 0.256 e. The summed E-state index contributed by atoms with van der Waals surface area (Å²) in [6.45, 7) is 0.216. The van der Waals surface area contributed by atoms with Crippen molar-refractivity contribution in [3.63, 3.8) is 0 Å². The van der Waals surface area contributed by atoms with Gasteiger partial charge in [-0.1, -0.05) is 0 Å². The average molecular weight is 369 g/mol. The molecule has 0 unspecified atom stereocenters. The minimum absolute atomic E-state index is 0.0589. The van der Waals surface area contributed by atoms with Crippen LogP contribution < -0.4 is 10.6 Å². The van der Waals surface area contributed by atoms with E-state index < -0.39 is 6.04 Å². The highest BCUT2D eigenvalue weighted by Crippen LogP contribution is 2.32. The van der Waals surface area contributed by atoms with Crippen LogP contribution >= 0.6 is 0 Å². The number of furan rings is 1. The Balaban J connectivity index is 1.61. The van der Waals surface area contributed by atoms with E-state index in [1.54, 1.807) is 30.5 Å². The number of nitrogens with zero attached hydrogens (tertiary/aromatic N) is 1. The lowest BCUT2D eigenvalue weighted by atomic mass is 10.1. The van der Waals surface area contributed by atoms with Crippen molar-refractivity contribution in [3.8, 4) is 11.3 Å². The Morgan fingerprint density at radius 1 is 1.37 bits per heavy atom. The number of carbonyl (C=O) groups excluding carboxylic acids is 3. The molecule has 1 saturated heterocycles. The van der Waals surface area contributed by atoms with Crippen molar-refractivity contribution in [2.45, 2.75) is 18.5 Å². The second-order valence-electron chi connectivity index (χ2n) is 6.63. The van der Waals surface area contributed by atoms with Crippen molar-refractivity contribution in [1.29, 1.82) is 0 Å². The molecule has 1 fully saturated rings. The van der Waals surface area contributed by atoms with Gasteiger partial charge >= 0.3 is 0 Å². The van der Waals surface area contributed by atoms with E-state index in [4.69, 9.17) is 9.15 Å². The zero-order valence-electron chi connectivity index (χ0n) is 14.7. The average Bonchev–Trinajstić information content (AvgIpc) is 3.30. The fourth-order valence-corrected chi connectivity index (χ4v) is 3.61. The normalized spacial score (nSPS) is 21.3. The fourth-order valence-electron chi connectivity index (χ4n) is 3.61. The van der Waals surface area contributed by atoms with E-state index in [9.17, 15) is 14.4 Å². The molecule has 0 spiro atoms. The zero-order chi connectivity index (χ0) is 19.0. The van der Waals surface area contributed by atoms with Crippen LogP contribution in [-0.4, -0.2) is 55.0 Å². The van der Waals surface area contributed by atoms with Crippen LogP contribution in [0.15, 0.2) is 41.0 Å². The number of fused-ring (bicyclic) bond motifs is 2. The van der Waals surface area contributed by atoms with Crippen LogP contribution in [-0.2, 0) is 14.3 Å². The minimum Gasteiger partial charge on any atom is -0.464 e. The number of ether oxygens (including phenoxy) is 1. The lowest BCUT2D eigenvalue weighted by Crippen LogP contribution is -2.41. The van der Waals surface area contributed by atoms with Gasteiger partial charge in [0.1, 0.15) is 18.4 Å². The summed E-state index contributed by atoms with van der Waals surface area (Å²) in [6.07, 6.45) is 1.93. The Hall–Kier alpha value is -3.13. The third-order valence-electron chi connectivity index (χ3n) is 4.82. The Kier molecular flexibility index (Phi) is 4.41. The Bertz CT molecular complexity index is 893. The van der Waals surface area contributed by atoms with Crippen LogP contribution in [0.3, 0.4) is 0 Å². The molecule has 3 amide bonds. The number of amides is 3. The van der Waals surface area contributed by atoms with Gasteiger partial charge in [-0.05, 0) is 36.8 Å². The van der Waals surface area contributed by atoms with E-state index in [0.29, 0.717) is 23.4 Å². The summed E-state index contributed by atoms with van der Waals surface area (Å²) in [5.41, 5.74) is 1.64. The molecular weight excluding hydrogens is 350 g/mol. The van der Waals surface area contributed by atoms with Crippen molar-refractivity contribution >= 4 is 23.4 Å². The second-order valence-corrected chi connectivity index (χ2v) is 6.63. The molecule has 2 N–H and O–H groups in total. The maximum absolute atomic E-state index is 13.1. The predicted molar refractivity (Wildman–Crippen MR) is 96.0 cm³/mol. The molecule has 2 aliphatic rings. The second kappa shape index (κ2) is 6.88. The summed E-state index contributed by atoms with van der Waals surface area (Å²) in [6, 6.07) is 7.90. The Morgan fingerprint density at radius 3 is 2.96 bits per heavy atom. The first kappa shape index (κ1) is 17.3. The third kappa shape index (κ3) is 3.19. The molecule has 1 aromatic heterocycles. The van der Waals surface area contributed by atoms with Gasteiger partial charge < -0.3 is 24.7 Å². The van der Waals surface area contributed by atoms with Crippen molar-refractivity contribution in [2.24, 2.45) is 0 Å². The van der Waals surface area contributed by atoms with Gasteiger partial charge in [0.15, 0.2) is 0 Å². The highest BCUT2D eigenvalue weighted by atomic mass is 16.5. The lowest BCUT2D eigenvalue weighted by Gasteiger charge is -2.20. The van der Waals surface area contributed by atoms with Gasteiger partial charge in [0.05, 0.1) is 17.5 Å². The molecule has 0 aliphatic carbocycles. The van der Waals surface area contributed by atoms with Crippen LogP contribution in [0.1, 0.15) is 16.8 Å². The zero-order valence-corrected chi connectivity index (χ0v) is 14.7. The molecule has 140 valence electrons. The first-order chi connectivity index (χ1) is 13.1. The van der Waals surface area contributed by atoms with E-state index in [-0.39, 0.29) is 36.9 Å². The van der Waals surface area contributed by atoms with Crippen molar-refractivity contribution in [2.75, 3.05) is 25.6 Å². The number of benzene rings is 1. The molecule has 27 heavy (non-hydrogen) atoms. The highest BCUT2D eigenvalue weighted by Gasteiger charge is 2.43. The number of anilines is 1. The maximum Gasteiger partial charge on any atom is 0.256 e. The van der Waals surface area contributed by atoms with Crippen molar-refractivity contribution in [3.05, 3.63) is 42.2 Å². The molecule has 2 aromatic rings. The van der Waals surface area contributed by atoms with Gasteiger partial charge in [0, 0.05) is 25.3 Å². The topological polar surface area (TPSA) is 101 Å². The van der Waals surface area contributed by atoms with Crippen molar-refractivity contribution < 1.29 is 23.5 Å². The number of hydrogen-bond acceptors (Lipinski definition) is 5. The number of nitrogens with one attached hydrogen (secondary N) is 2.